The van der Waals surface area contributed by atoms with Crippen molar-refractivity contribution in [1.29, 1.82) is 0 Å². The van der Waals surface area contributed by atoms with Gasteiger partial charge in [-0.25, -0.2) is 4.98 Å². The number of pyridine rings is 1. The lowest BCUT2D eigenvalue weighted by Crippen LogP contribution is -2.34. The molecule has 2 unspecified atom stereocenters. The molecule has 5 heteroatoms. The van der Waals surface area contributed by atoms with Gasteiger partial charge in [-0.05, 0) is 48.6 Å². The second-order valence-corrected chi connectivity index (χ2v) is 6.75. The summed E-state index contributed by atoms with van der Waals surface area (Å²) >= 11 is 3.53. The molecule has 2 atom stereocenters. The molecule has 2 heterocycles. The molecule has 1 N–H and O–H groups in total. The molecule has 4 nitrogen and oxygen atoms in total. The average molecular weight is 341 g/mol. The molecular weight excluding hydrogens is 316 g/mol. The third-order valence-electron chi connectivity index (χ3n) is 4.01. The van der Waals surface area contributed by atoms with Crippen molar-refractivity contribution in [1.82, 2.24) is 15.2 Å². The minimum absolute atomic E-state index is 0.604. The van der Waals surface area contributed by atoms with Gasteiger partial charge >= 0.3 is 0 Å². The number of likely N-dealkylation sites (N-methyl/N-ethyl adjacent to an activating group) is 1. The first-order chi connectivity index (χ1) is 9.52. The van der Waals surface area contributed by atoms with Gasteiger partial charge in [0.1, 0.15) is 5.82 Å². The number of nitrogens with zero attached hydrogens (tertiary/aromatic N) is 3. The van der Waals surface area contributed by atoms with E-state index in [1.54, 1.807) is 0 Å². The quantitative estimate of drug-likeness (QED) is 0.891. The van der Waals surface area contributed by atoms with Gasteiger partial charge in [-0.2, -0.15) is 0 Å². The zero-order valence-electron chi connectivity index (χ0n) is 12.9. The molecule has 2 rings (SSSR count). The zero-order chi connectivity index (χ0) is 14.7. The summed E-state index contributed by atoms with van der Waals surface area (Å²) in [6, 6.07) is 2.78. The van der Waals surface area contributed by atoms with Crippen molar-refractivity contribution < 1.29 is 0 Å². The lowest BCUT2D eigenvalue weighted by Gasteiger charge is -2.23. The average Bonchev–Trinajstić information content (AvgIpc) is 2.78. The Hall–Kier alpha value is -0.650. The van der Waals surface area contributed by atoms with Crippen LogP contribution in [0.5, 0.6) is 0 Å². The smallest absolute Gasteiger partial charge is 0.133 e. The van der Waals surface area contributed by atoms with E-state index in [9.17, 15) is 0 Å². The van der Waals surface area contributed by atoms with Gasteiger partial charge in [-0.3, -0.25) is 0 Å². The fourth-order valence-electron chi connectivity index (χ4n) is 2.94. The number of anilines is 1. The van der Waals surface area contributed by atoms with Gasteiger partial charge in [0.15, 0.2) is 0 Å². The highest BCUT2D eigenvalue weighted by Crippen LogP contribution is 2.28. The molecule has 0 saturated carbocycles. The molecule has 0 radical (unpaired) electrons. The third-order valence-corrected chi connectivity index (χ3v) is 4.44. The number of halogens is 1. The van der Waals surface area contributed by atoms with Crippen molar-refractivity contribution >= 4 is 21.7 Å². The Balaban J connectivity index is 2.20. The van der Waals surface area contributed by atoms with Crippen LogP contribution in [0.4, 0.5) is 5.82 Å². The first-order valence-electron chi connectivity index (χ1n) is 7.29. The molecule has 20 heavy (non-hydrogen) atoms. The van der Waals surface area contributed by atoms with Crippen LogP contribution < -0.4 is 10.2 Å². The van der Waals surface area contributed by atoms with Crippen molar-refractivity contribution in [2.24, 2.45) is 5.92 Å². The van der Waals surface area contributed by atoms with E-state index in [0.29, 0.717) is 12.0 Å². The molecule has 1 saturated heterocycles. The Morgan fingerprint density at radius 1 is 1.45 bits per heavy atom. The van der Waals surface area contributed by atoms with E-state index in [-0.39, 0.29) is 0 Å². The number of rotatable bonds is 5. The fourth-order valence-corrected chi connectivity index (χ4v) is 3.32. The topological polar surface area (TPSA) is 31.4 Å². The summed E-state index contributed by atoms with van der Waals surface area (Å²) in [4.78, 5) is 9.41. The van der Waals surface area contributed by atoms with Crippen molar-refractivity contribution in [3.8, 4) is 0 Å². The van der Waals surface area contributed by atoms with Crippen LogP contribution in [0.1, 0.15) is 19.4 Å². The van der Waals surface area contributed by atoms with E-state index < -0.39 is 0 Å². The van der Waals surface area contributed by atoms with Gasteiger partial charge in [0.25, 0.3) is 0 Å². The van der Waals surface area contributed by atoms with Crippen LogP contribution in [0.2, 0.25) is 0 Å². The van der Waals surface area contributed by atoms with Crippen molar-refractivity contribution in [2.45, 2.75) is 26.4 Å². The van der Waals surface area contributed by atoms with E-state index in [0.717, 1.165) is 36.5 Å². The van der Waals surface area contributed by atoms with Crippen LogP contribution in [0, 0.1) is 5.92 Å². The van der Waals surface area contributed by atoms with Crippen molar-refractivity contribution in [2.75, 3.05) is 38.6 Å². The fraction of sp³-hybridized carbons (Fsp3) is 0.667. The number of aromatic nitrogens is 1. The molecule has 1 aliphatic heterocycles. The van der Waals surface area contributed by atoms with Crippen LogP contribution >= 0.6 is 15.9 Å². The van der Waals surface area contributed by atoms with Crippen molar-refractivity contribution in [3.05, 3.63) is 22.3 Å². The summed E-state index contributed by atoms with van der Waals surface area (Å²) in [6.45, 7) is 8.44. The molecule has 112 valence electrons. The largest absolute Gasteiger partial charge is 0.354 e. The highest BCUT2D eigenvalue weighted by atomic mass is 79.9. The number of nitrogens with one attached hydrogen (secondary N) is 1. The van der Waals surface area contributed by atoms with Crippen LogP contribution in [0.3, 0.4) is 0 Å². The Bertz CT molecular complexity index is 449. The molecule has 0 aromatic carbocycles. The highest BCUT2D eigenvalue weighted by Gasteiger charge is 2.32. The van der Waals surface area contributed by atoms with Gasteiger partial charge in [-0.15, -0.1) is 0 Å². The van der Waals surface area contributed by atoms with E-state index in [1.807, 2.05) is 6.20 Å². The first kappa shape index (κ1) is 15.7. The summed E-state index contributed by atoms with van der Waals surface area (Å²) in [5.41, 5.74) is 1.27. The highest BCUT2D eigenvalue weighted by molar-refractivity contribution is 9.10. The SMILES string of the molecule is CCNCc1cc(Br)cnc1N1CC(C)C(N(C)C)C1. The Kier molecular flexibility index (Phi) is 5.41. The molecule has 1 aromatic rings. The first-order valence-corrected chi connectivity index (χ1v) is 8.08. The monoisotopic (exact) mass is 340 g/mol. The minimum Gasteiger partial charge on any atom is -0.354 e. The summed E-state index contributed by atoms with van der Waals surface area (Å²) in [5, 5.41) is 3.40. The second kappa shape index (κ2) is 6.87. The van der Waals surface area contributed by atoms with Crippen LogP contribution in [0.25, 0.3) is 0 Å². The Morgan fingerprint density at radius 3 is 2.80 bits per heavy atom. The lowest BCUT2D eigenvalue weighted by molar-refractivity contribution is 0.266. The number of hydrogen-bond donors (Lipinski definition) is 1. The van der Waals surface area contributed by atoms with E-state index in [4.69, 9.17) is 0 Å². The summed E-state index contributed by atoms with van der Waals surface area (Å²) in [6.07, 6.45) is 1.90. The molecule has 1 aliphatic rings. The lowest BCUT2D eigenvalue weighted by atomic mass is 10.1. The van der Waals surface area contributed by atoms with Gasteiger partial charge in [0.2, 0.25) is 0 Å². The summed E-state index contributed by atoms with van der Waals surface area (Å²) < 4.78 is 1.05. The van der Waals surface area contributed by atoms with Gasteiger partial charge in [0.05, 0.1) is 0 Å². The van der Waals surface area contributed by atoms with Crippen molar-refractivity contribution in [3.63, 3.8) is 0 Å². The van der Waals surface area contributed by atoms with E-state index >= 15 is 0 Å². The molecule has 0 amide bonds. The van der Waals surface area contributed by atoms with Gasteiger partial charge in [-0.1, -0.05) is 13.8 Å². The van der Waals surface area contributed by atoms with Crippen LogP contribution in [-0.4, -0.2) is 49.7 Å². The molecule has 0 bridgehead atoms. The minimum atomic E-state index is 0.604. The maximum Gasteiger partial charge on any atom is 0.133 e. The second-order valence-electron chi connectivity index (χ2n) is 5.83. The third kappa shape index (κ3) is 3.51. The molecule has 0 aliphatic carbocycles. The van der Waals surface area contributed by atoms with Gasteiger partial charge < -0.3 is 15.1 Å². The summed E-state index contributed by atoms with van der Waals surface area (Å²) in [7, 11) is 4.33. The van der Waals surface area contributed by atoms with E-state index in [2.05, 4.69) is 70.0 Å². The molecular formula is C15H25BrN4. The zero-order valence-corrected chi connectivity index (χ0v) is 14.4. The van der Waals surface area contributed by atoms with Gasteiger partial charge in [0, 0.05) is 41.9 Å². The molecule has 1 aromatic heterocycles. The Labute approximate surface area is 130 Å². The Morgan fingerprint density at radius 2 is 2.20 bits per heavy atom. The predicted octanol–water partition coefficient (Wildman–Crippen LogP) is 2.34. The number of hydrogen-bond acceptors (Lipinski definition) is 4. The predicted molar refractivity (Wildman–Crippen MR) is 88.2 cm³/mol. The maximum atomic E-state index is 4.66. The normalized spacial score (nSPS) is 22.8. The molecule has 1 fully saturated rings. The summed E-state index contributed by atoms with van der Waals surface area (Å²) in [5.74, 6) is 1.80. The van der Waals surface area contributed by atoms with Crippen LogP contribution in [0.15, 0.2) is 16.7 Å². The van der Waals surface area contributed by atoms with E-state index in [1.165, 1.54) is 5.56 Å². The molecule has 0 spiro atoms. The maximum absolute atomic E-state index is 4.66. The van der Waals surface area contributed by atoms with Crippen LogP contribution in [-0.2, 0) is 6.54 Å². The standard InChI is InChI=1S/C15H25BrN4/c1-5-17-7-12-6-13(16)8-18-15(12)20-9-11(2)14(10-20)19(3)4/h6,8,11,14,17H,5,7,9-10H2,1-4H3.